The van der Waals surface area contributed by atoms with Crippen molar-refractivity contribution in [1.29, 1.82) is 0 Å². The topological polar surface area (TPSA) is 376 Å². The van der Waals surface area contributed by atoms with Crippen LogP contribution in [0.3, 0.4) is 0 Å². The van der Waals surface area contributed by atoms with Crippen LogP contribution >= 0.6 is 0 Å². The SMILES string of the molecule is CC(C)C[C@H](NC(=O)[C@H](CC(=O)OCCC(=O)NC[C@H](NC(=O)OC(C)(C)C)C(=O)N[C@@H](C)C(=O)NCC(=O)NCC(N)=O)NC(=O)[C@@H](NC(=O)[C@@H](NC(=O)OCC1c2ccccc2-c2ccccc21)C(C)C)C(C)C)C(=O)OC(C)(C)C. The number of alkyl carbamates (subject to hydrolysis) is 2. The summed E-state index contributed by atoms with van der Waals surface area (Å²) in [6.45, 7) is 18.9. The van der Waals surface area contributed by atoms with E-state index in [2.05, 4.69) is 47.9 Å². The summed E-state index contributed by atoms with van der Waals surface area (Å²) < 4.78 is 21.8. The third-order valence-electron chi connectivity index (χ3n) is 12.3. The number of nitrogens with one attached hydrogen (secondary N) is 9. The zero-order valence-electron chi connectivity index (χ0n) is 49.7. The minimum absolute atomic E-state index is 0.0244. The van der Waals surface area contributed by atoms with E-state index in [1.165, 1.54) is 6.92 Å². The summed E-state index contributed by atoms with van der Waals surface area (Å²) >= 11 is 0. The molecule has 11 N–H and O–H groups in total. The Morgan fingerprint density at radius 2 is 1.06 bits per heavy atom. The normalized spacial score (nSPS) is 14.1. The number of rotatable bonds is 29. The zero-order valence-corrected chi connectivity index (χ0v) is 49.7. The molecule has 10 amide bonds. The van der Waals surface area contributed by atoms with Gasteiger partial charge < -0.3 is 72.5 Å². The number of amides is 10. The second-order valence-electron chi connectivity index (χ2n) is 23.1. The molecule has 2 aromatic carbocycles. The number of nitrogens with two attached hydrogens (primary N) is 1. The molecule has 0 saturated carbocycles. The van der Waals surface area contributed by atoms with Gasteiger partial charge in [0.15, 0.2) is 0 Å². The van der Waals surface area contributed by atoms with Crippen LogP contribution < -0.4 is 53.6 Å². The molecule has 0 unspecified atom stereocenters. The van der Waals surface area contributed by atoms with E-state index in [1.807, 2.05) is 48.5 Å². The molecule has 26 nitrogen and oxygen atoms in total. The van der Waals surface area contributed by atoms with Crippen LogP contribution in [0, 0.1) is 17.8 Å². The fourth-order valence-electron chi connectivity index (χ4n) is 8.28. The molecule has 0 radical (unpaired) electrons. The highest BCUT2D eigenvalue weighted by atomic mass is 16.6. The Hall–Kier alpha value is -8.32. The molecule has 0 saturated heterocycles. The van der Waals surface area contributed by atoms with Crippen molar-refractivity contribution in [3.05, 3.63) is 59.7 Å². The summed E-state index contributed by atoms with van der Waals surface area (Å²) in [4.78, 5) is 157. The quantitative estimate of drug-likeness (QED) is 0.0409. The first-order valence-corrected chi connectivity index (χ1v) is 27.5. The molecule has 0 bridgehead atoms. The molecule has 0 aromatic heterocycles. The summed E-state index contributed by atoms with van der Waals surface area (Å²) in [5.74, 6) is -10.2. The van der Waals surface area contributed by atoms with Crippen LogP contribution in [0.15, 0.2) is 48.5 Å². The minimum Gasteiger partial charge on any atom is -0.465 e. The molecule has 83 heavy (non-hydrogen) atoms. The molecular weight excluding hydrogens is 1080 g/mol. The number of hydrogen-bond donors (Lipinski definition) is 10. The Bertz CT molecular complexity index is 2620. The van der Waals surface area contributed by atoms with Crippen molar-refractivity contribution in [3.63, 3.8) is 0 Å². The van der Waals surface area contributed by atoms with Crippen molar-refractivity contribution in [2.75, 3.05) is 32.8 Å². The summed E-state index contributed by atoms with van der Waals surface area (Å²) in [7, 11) is 0. The van der Waals surface area contributed by atoms with Gasteiger partial charge in [-0.05, 0) is 94.9 Å². The van der Waals surface area contributed by atoms with E-state index < -0.39 is 170 Å². The smallest absolute Gasteiger partial charge is 0.408 e. The number of hydrogen-bond acceptors (Lipinski definition) is 16. The Morgan fingerprint density at radius 1 is 0.530 bits per heavy atom. The van der Waals surface area contributed by atoms with Gasteiger partial charge in [0.1, 0.15) is 60.7 Å². The largest absolute Gasteiger partial charge is 0.465 e. The lowest BCUT2D eigenvalue weighted by Crippen LogP contribution is -2.60. The highest BCUT2D eigenvalue weighted by Crippen LogP contribution is 2.44. The predicted octanol–water partition coefficient (Wildman–Crippen LogP) is 1.60. The van der Waals surface area contributed by atoms with Crippen LogP contribution in [0.25, 0.3) is 11.1 Å². The van der Waals surface area contributed by atoms with Gasteiger partial charge in [-0.1, -0.05) is 90.1 Å². The molecule has 2 aromatic rings. The zero-order chi connectivity index (χ0) is 62.5. The first-order chi connectivity index (χ1) is 38.7. The molecule has 3 rings (SSSR count). The number of esters is 2. The monoisotopic (exact) mass is 1160 g/mol. The number of fused-ring (bicyclic) bond motifs is 3. The second-order valence-corrected chi connectivity index (χ2v) is 23.1. The van der Waals surface area contributed by atoms with Crippen LogP contribution in [-0.2, 0) is 66.9 Å². The predicted molar refractivity (Wildman–Crippen MR) is 302 cm³/mol. The first-order valence-electron chi connectivity index (χ1n) is 27.5. The van der Waals surface area contributed by atoms with E-state index in [1.54, 1.807) is 83.1 Å². The van der Waals surface area contributed by atoms with Gasteiger partial charge in [-0.3, -0.25) is 43.2 Å². The lowest BCUT2D eigenvalue weighted by Gasteiger charge is -2.29. The Labute approximate surface area is 484 Å². The molecule has 0 heterocycles. The lowest BCUT2D eigenvalue weighted by molar-refractivity contribution is -0.159. The minimum atomic E-state index is -1.74. The van der Waals surface area contributed by atoms with Gasteiger partial charge in [-0.2, -0.15) is 0 Å². The van der Waals surface area contributed by atoms with Crippen molar-refractivity contribution < 1.29 is 76.5 Å². The van der Waals surface area contributed by atoms with Gasteiger partial charge in [0, 0.05) is 12.5 Å². The van der Waals surface area contributed by atoms with Gasteiger partial charge in [0.05, 0.1) is 25.9 Å². The van der Waals surface area contributed by atoms with Gasteiger partial charge in [-0.25, -0.2) is 14.4 Å². The number of carbonyl (C=O) groups excluding carboxylic acids is 12. The molecule has 0 spiro atoms. The maximum atomic E-state index is 14.2. The van der Waals surface area contributed by atoms with Crippen LogP contribution in [0.4, 0.5) is 9.59 Å². The van der Waals surface area contributed by atoms with Crippen LogP contribution in [0.1, 0.15) is 126 Å². The Kier molecular flexibility index (Phi) is 26.4. The van der Waals surface area contributed by atoms with Crippen molar-refractivity contribution in [2.24, 2.45) is 23.5 Å². The van der Waals surface area contributed by atoms with Crippen LogP contribution in [-0.4, -0.2) is 152 Å². The van der Waals surface area contributed by atoms with Crippen molar-refractivity contribution in [3.8, 4) is 11.1 Å². The van der Waals surface area contributed by atoms with E-state index in [9.17, 15) is 57.5 Å². The fourth-order valence-corrected chi connectivity index (χ4v) is 8.28. The van der Waals surface area contributed by atoms with Crippen molar-refractivity contribution in [1.82, 2.24) is 47.9 Å². The standard InChI is InChI=1S/C57H84N10O16/c1-30(2)24-40(53(77)82-56(8,9)10)64-49(73)39(25-45(71)80-23-22-43(69)59-26-41(65-55(79)83-57(11,12)13)50(74)62-33(7)48(72)61-28-44(70)60-27-42(58)68)63-51(75)46(31(3)4)66-52(76)47(32(5)6)67-54(78)81-29-38-36-20-16-14-18-34(36)35-19-15-17-21-37(35)38/h14-21,30-33,38-41,46-47H,22-29H2,1-13H3,(H2,58,68)(H,59,69)(H,60,70)(H,61,72)(H,62,74)(H,63,75)(H,64,73)(H,65,79)(H,66,76)(H,67,78)/t33-,39-,40-,41-,46-,47-/m0/s1. The molecule has 6 atom stereocenters. The van der Waals surface area contributed by atoms with Gasteiger partial charge in [0.25, 0.3) is 0 Å². The molecule has 1 aliphatic carbocycles. The third-order valence-corrected chi connectivity index (χ3v) is 12.3. The number of ether oxygens (including phenoxy) is 4. The van der Waals surface area contributed by atoms with E-state index in [0.29, 0.717) is 0 Å². The van der Waals surface area contributed by atoms with Gasteiger partial charge in [-0.15, -0.1) is 0 Å². The van der Waals surface area contributed by atoms with E-state index in [4.69, 9.17) is 24.7 Å². The average Bonchev–Trinajstić information content (AvgIpc) is 2.69. The van der Waals surface area contributed by atoms with Crippen LogP contribution in [0.5, 0.6) is 0 Å². The molecule has 0 fully saturated rings. The third kappa shape index (κ3) is 24.0. The molecule has 0 aliphatic heterocycles. The first kappa shape index (κ1) is 69.0. The fraction of sp³-hybridized carbons (Fsp3) is 0.579. The summed E-state index contributed by atoms with van der Waals surface area (Å²) in [5.41, 5.74) is 7.08. The molecular formula is C57H84N10O16. The Balaban J connectivity index is 1.75. The maximum absolute atomic E-state index is 14.2. The number of primary amides is 1. The lowest BCUT2D eigenvalue weighted by atomic mass is 9.98. The number of benzene rings is 2. The van der Waals surface area contributed by atoms with Gasteiger partial charge in [0.2, 0.25) is 47.3 Å². The summed E-state index contributed by atoms with van der Waals surface area (Å²) in [5, 5.41) is 22.0. The number of carbonyl (C=O) groups is 12. The summed E-state index contributed by atoms with van der Waals surface area (Å²) in [6, 6.07) is 7.25. The second kappa shape index (κ2) is 31.8. The summed E-state index contributed by atoms with van der Waals surface area (Å²) in [6.07, 6.45) is -3.19. The maximum Gasteiger partial charge on any atom is 0.408 e. The van der Waals surface area contributed by atoms with Crippen molar-refractivity contribution >= 4 is 71.4 Å². The van der Waals surface area contributed by atoms with Gasteiger partial charge >= 0.3 is 24.1 Å². The van der Waals surface area contributed by atoms with E-state index in [-0.39, 0.29) is 24.9 Å². The highest BCUT2D eigenvalue weighted by molar-refractivity contribution is 5.97. The molecule has 1 aliphatic rings. The van der Waals surface area contributed by atoms with Crippen LogP contribution in [0.2, 0.25) is 0 Å². The average molecular weight is 1170 g/mol. The highest BCUT2D eigenvalue weighted by Gasteiger charge is 2.37. The Morgan fingerprint density at radius 3 is 1.60 bits per heavy atom. The van der Waals surface area contributed by atoms with E-state index in [0.717, 1.165) is 22.3 Å². The van der Waals surface area contributed by atoms with Crippen molar-refractivity contribution in [2.45, 2.75) is 163 Å². The molecule has 458 valence electrons. The molecule has 26 heteroatoms. The van der Waals surface area contributed by atoms with E-state index >= 15 is 0 Å².